The SMILES string of the molecule is CCOC(=O)c1cnc2ccc(C)cc2c1Nc1cccc(Cl)c1Cl. The number of rotatable bonds is 4. The van der Waals surface area contributed by atoms with E-state index in [4.69, 9.17) is 27.9 Å². The Labute approximate surface area is 155 Å². The zero-order chi connectivity index (χ0) is 18.0. The van der Waals surface area contributed by atoms with Crippen LogP contribution < -0.4 is 5.32 Å². The third kappa shape index (κ3) is 3.55. The summed E-state index contributed by atoms with van der Waals surface area (Å²) in [6.45, 7) is 4.02. The summed E-state index contributed by atoms with van der Waals surface area (Å²) in [5, 5.41) is 4.86. The fourth-order valence-electron chi connectivity index (χ4n) is 2.54. The average Bonchev–Trinajstić information content (AvgIpc) is 2.59. The number of nitrogens with zero attached hydrogens (tertiary/aromatic N) is 1. The van der Waals surface area contributed by atoms with E-state index in [9.17, 15) is 4.79 Å². The molecule has 0 amide bonds. The Morgan fingerprint density at radius 1 is 1.24 bits per heavy atom. The Hall–Kier alpha value is -2.30. The Morgan fingerprint density at radius 3 is 2.80 bits per heavy atom. The van der Waals surface area contributed by atoms with Crippen molar-refractivity contribution in [2.75, 3.05) is 11.9 Å². The highest BCUT2D eigenvalue weighted by molar-refractivity contribution is 6.43. The molecule has 3 rings (SSSR count). The molecule has 1 aromatic heterocycles. The quantitative estimate of drug-likeness (QED) is 0.588. The molecule has 4 nitrogen and oxygen atoms in total. The molecule has 0 unspecified atom stereocenters. The first kappa shape index (κ1) is 17.5. The first-order chi connectivity index (χ1) is 12.0. The van der Waals surface area contributed by atoms with Gasteiger partial charge in [0.15, 0.2) is 0 Å². The number of aromatic nitrogens is 1. The van der Waals surface area contributed by atoms with Crippen LogP contribution in [0.4, 0.5) is 11.4 Å². The molecule has 0 aliphatic carbocycles. The van der Waals surface area contributed by atoms with Gasteiger partial charge in [0, 0.05) is 11.6 Å². The van der Waals surface area contributed by atoms with E-state index >= 15 is 0 Å². The Morgan fingerprint density at radius 2 is 2.04 bits per heavy atom. The topological polar surface area (TPSA) is 51.2 Å². The van der Waals surface area contributed by atoms with Gasteiger partial charge >= 0.3 is 5.97 Å². The monoisotopic (exact) mass is 374 g/mol. The van der Waals surface area contributed by atoms with Crippen molar-refractivity contribution < 1.29 is 9.53 Å². The average molecular weight is 375 g/mol. The van der Waals surface area contributed by atoms with Crippen LogP contribution in [0.5, 0.6) is 0 Å². The number of benzene rings is 2. The first-order valence-corrected chi connectivity index (χ1v) is 8.54. The lowest BCUT2D eigenvalue weighted by molar-refractivity contribution is 0.0527. The number of fused-ring (bicyclic) bond motifs is 1. The number of nitrogens with one attached hydrogen (secondary N) is 1. The van der Waals surface area contributed by atoms with E-state index < -0.39 is 5.97 Å². The number of ether oxygens (including phenoxy) is 1. The minimum Gasteiger partial charge on any atom is -0.462 e. The minimum atomic E-state index is -0.445. The fraction of sp³-hybridized carbons (Fsp3) is 0.158. The molecule has 128 valence electrons. The molecule has 0 saturated heterocycles. The molecule has 2 aromatic carbocycles. The van der Waals surface area contributed by atoms with Crippen molar-refractivity contribution in [3.63, 3.8) is 0 Å². The van der Waals surface area contributed by atoms with Gasteiger partial charge in [-0.2, -0.15) is 0 Å². The fourth-order valence-corrected chi connectivity index (χ4v) is 2.89. The summed E-state index contributed by atoms with van der Waals surface area (Å²) < 4.78 is 5.16. The molecule has 0 saturated carbocycles. The summed E-state index contributed by atoms with van der Waals surface area (Å²) in [4.78, 5) is 16.7. The molecule has 0 spiro atoms. The molecule has 0 radical (unpaired) electrons. The third-order valence-corrected chi connectivity index (χ3v) is 4.55. The van der Waals surface area contributed by atoms with E-state index in [0.29, 0.717) is 27.0 Å². The number of pyridine rings is 1. The lowest BCUT2D eigenvalue weighted by Crippen LogP contribution is -2.09. The summed E-state index contributed by atoms with van der Waals surface area (Å²) in [6.07, 6.45) is 1.51. The molecule has 0 aliphatic heterocycles. The van der Waals surface area contributed by atoms with Crippen LogP contribution >= 0.6 is 23.2 Å². The maximum Gasteiger partial charge on any atom is 0.341 e. The smallest absolute Gasteiger partial charge is 0.341 e. The van der Waals surface area contributed by atoms with Crippen LogP contribution in [0.3, 0.4) is 0 Å². The van der Waals surface area contributed by atoms with Gasteiger partial charge in [-0.15, -0.1) is 0 Å². The van der Waals surface area contributed by atoms with Crippen molar-refractivity contribution >= 4 is 51.4 Å². The van der Waals surface area contributed by atoms with Crippen LogP contribution in [0, 0.1) is 6.92 Å². The zero-order valence-electron chi connectivity index (χ0n) is 13.8. The van der Waals surface area contributed by atoms with E-state index in [1.165, 1.54) is 6.20 Å². The largest absolute Gasteiger partial charge is 0.462 e. The molecule has 0 aliphatic rings. The number of carbonyl (C=O) groups excluding carboxylic acids is 1. The summed E-state index contributed by atoms with van der Waals surface area (Å²) in [7, 11) is 0. The van der Waals surface area contributed by atoms with Crippen molar-refractivity contribution in [3.05, 3.63) is 63.8 Å². The lowest BCUT2D eigenvalue weighted by Gasteiger charge is -2.15. The predicted molar refractivity (Wildman–Crippen MR) is 102 cm³/mol. The van der Waals surface area contributed by atoms with E-state index in [-0.39, 0.29) is 6.61 Å². The van der Waals surface area contributed by atoms with Gasteiger partial charge in [-0.1, -0.05) is 40.9 Å². The Balaban J connectivity index is 2.21. The van der Waals surface area contributed by atoms with Crippen molar-refractivity contribution in [2.45, 2.75) is 13.8 Å². The predicted octanol–water partition coefficient (Wildman–Crippen LogP) is 5.77. The van der Waals surface area contributed by atoms with E-state index in [1.54, 1.807) is 25.1 Å². The molecule has 1 heterocycles. The van der Waals surface area contributed by atoms with E-state index in [1.807, 2.05) is 25.1 Å². The van der Waals surface area contributed by atoms with Crippen LogP contribution in [-0.2, 0) is 4.74 Å². The number of hydrogen-bond acceptors (Lipinski definition) is 4. The maximum atomic E-state index is 12.4. The number of hydrogen-bond donors (Lipinski definition) is 1. The second-order valence-corrected chi connectivity index (χ2v) is 6.30. The highest BCUT2D eigenvalue weighted by atomic mass is 35.5. The third-order valence-electron chi connectivity index (χ3n) is 3.73. The van der Waals surface area contributed by atoms with Crippen LogP contribution in [-0.4, -0.2) is 17.6 Å². The molecule has 0 bridgehead atoms. The number of aryl methyl sites for hydroxylation is 1. The second kappa shape index (κ2) is 7.30. The van der Waals surface area contributed by atoms with Gasteiger partial charge in [-0.05, 0) is 38.1 Å². The van der Waals surface area contributed by atoms with Gasteiger partial charge in [0.1, 0.15) is 5.56 Å². The molecule has 0 fully saturated rings. The van der Waals surface area contributed by atoms with Crippen LogP contribution in [0.2, 0.25) is 10.0 Å². The van der Waals surface area contributed by atoms with Crippen LogP contribution in [0.1, 0.15) is 22.8 Å². The van der Waals surface area contributed by atoms with Gasteiger partial charge in [-0.25, -0.2) is 4.79 Å². The van der Waals surface area contributed by atoms with Gasteiger partial charge < -0.3 is 10.1 Å². The first-order valence-electron chi connectivity index (χ1n) is 7.78. The van der Waals surface area contributed by atoms with Crippen molar-refractivity contribution in [3.8, 4) is 0 Å². The normalized spacial score (nSPS) is 10.7. The van der Waals surface area contributed by atoms with Crippen molar-refractivity contribution in [1.82, 2.24) is 4.98 Å². The molecule has 6 heteroatoms. The van der Waals surface area contributed by atoms with Gasteiger partial charge in [0.2, 0.25) is 0 Å². The zero-order valence-corrected chi connectivity index (χ0v) is 15.3. The van der Waals surface area contributed by atoms with Crippen LogP contribution in [0.25, 0.3) is 10.9 Å². The highest BCUT2D eigenvalue weighted by Gasteiger charge is 2.18. The number of esters is 1. The van der Waals surface area contributed by atoms with Crippen molar-refractivity contribution in [1.29, 1.82) is 0 Å². The summed E-state index contributed by atoms with van der Waals surface area (Å²) in [5.41, 5.74) is 3.36. The molecule has 3 aromatic rings. The Bertz CT molecular complexity index is 958. The van der Waals surface area contributed by atoms with Gasteiger partial charge in [0.25, 0.3) is 0 Å². The van der Waals surface area contributed by atoms with Crippen LogP contribution in [0.15, 0.2) is 42.6 Å². The molecule has 1 N–H and O–H groups in total. The minimum absolute atomic E-state index is 0.280. The lowest BCUT2D eigenvalue weighted by atomic mass is 10.1. The summed E-state index contributed by atoms with van der Waals surface area (Å²) in [5.74, 6) is -0.445. The number of halogens is 2. The molecule has 25 heavy (non-hydrogen) atoms. The Kier molecular flexibility index (Phi) is 5.11. The number of anilines is 2. The van der Waals surface area contributed by atoms with Gasteiger partial charge in [0.05, 0.1) is 33.5 Å². The number of carbonyl (C=O) groups is 1. The van der Waals surface area contributed by atoms with Crippen molar-refractivity contribution in [2.24, 2.45) is 0 Å². The van der Waals surface area contributed by atoms with E-state index in [0.717, 1.165) is 16.5 Å². The van der Waals surface area contributed by atoms with Gasteiger partial charge in [-0.3, -0.25) is 4.98 Å². The standard InChI is InChI=1S/C19H16Cl2N2O2/c1-3-25-19(24)13-10-22-15-8-7-11(2)9-12(15)18(13)23-16-6-4-5-14(20)17(16)21/h4-10H,3H2,1-2H3,(H,22,23). The molecular formula is C19H16Cl2N2O2. The van der Waals surface area contributed by atoms with E-state index in [2.05, 4.69) is 10.3 Å². The summed E-state index contributed by atoms with van der Waals surface area (Å²) >= 11 is 12.4. The second-order valence-electron chi connectivity index (χ2n) is 5.51. The molecule has 0 atom stereocenters. The molecular weight excluding hydrogens is 359 g/mol. The summed E-state index contributed by atoms with van der Waals surface area (Å²) in [6, 6.07) is 11.1. The maximum absolute atomic E-state index is 12.4. The highest BCUT2D eigenvalue weighted by Crippen LogP contribution is 2.35.